The van der Waals surface area contributed by atoms with Crippen LogP contribution in [0.1, 0.15) is 5.56 Å². The van der Waals surface area contributed by atoms with Gasteiger partial charge in [0.25, 0.3) is 0 Å². The summed E-state index contributed by atoms with van der Waals surface area (Å²) >= 11 is 3.30. The van der Waals surface area contributed by atoms with Crippen LogP contribution in [0.2, 0.25) is 0 Å². The van der Waals surface area contributed by atoms with Crippen LogP contribution < -0.4 is 5.32 Å². The van der Waals surface area contributed by atoms with Gasteiger partial charge in [0.15, 0.2) is 0 Å². The quantitative estimate of drug-likeness (QED) is 0.934. The molecule has 1 aromatic carbocycles. The summed E-state index contributed by atoms with van der Waals surface area (Å²) in [5, 5.41) is 2.93. The van der Waals surface area contributed by atoms with Gasteiger partial charge in [-0.2, -0.15) is 0 Å². The third-order valence-electron chi connectivity index (χ3n) is 2.12. The summed E-state index contributed by atoms with van der Waals surface area (Å²) < 4.78 is 26.7. The van der Waals surface area contributed by atoms with Gasteiger partial charge in [0.1, 0.15) is 11.6 Å². The largest absolute Gasteiger partial charge is 0.381 e. The third kappa shape index (κ3) is 3.49. The highest BCUT2D eigenvalue weighted by Crippen LogP contribution is 2.15. The van der Waals surface area contributed by atoms with Crippen molar-refractivity contribution in [2.24, 2.45) is 0 Å². The first-order valence-corrected chi connectivity index (χ1v) is 5.72. The standard InChI is InChI=1S/C12H9BrF2N2/c13-9-1-8(5-16-7-9)6-17-12-3-10(14)2-11(15)4-12/h1-5,7,17H,6H2. The van der Waals surface area contributed by atoms with E-state index in [-0.39, 0.29) is 0 Å². The summed E-state index contributed by atoms with van der Waals surface area (Å²) in [6.07, 6.45) is 3.36. The van der Waals surface area contributed by atoms with E-state index in [0.29, 0.717) is 12.2 Å². The van der Waals surface area contributed by atoms with E-state index in [1.807, 2.05) is 6.07 Å². The van der Waals surface area contributed by atoms with Gasteiger partial charge in [0.2, 0.25) is 0 Å². The molecule has 0 saturated carbocycles. The molecule has 0 unspecified atom stereocenters. The summed E-state index contributed by atoms with van der Waals surface area (Å²) in [7, 11) is 0. The molecule has 5 heteroatoms. The van der Waals surface area contributed by atoms with Crippen LogP contribution in [0.3, 0.4) is 0 Å². The Labute approximate surface area is 106 Å². The molecule has 0 aliphatic heterocycles. The van der Waals surface area contributed by atoms with Crippen molar-refractivity contribution in [1.29, 1.82) is 0 Å². The maximum absolute atomic E-state index is 12.9. The molecular weight excluding hydrogens is 290 g/mol. The SMILES string of the molecule is Fc1cc(F)cc(NCc2cncc(Br)c2)c1. The van der Waals surface area contributed by atoms with Crippen LogP contribution in [0, 0.1) is 11.6 Å². The summed E-state index contributed by atoms with van der Waals surface area (Å²) in [5.41, 5.74) is 1.33. The average Bonchev–Trinajstić information content (AvgIpc) is 2.25. The van der Waals surface area contributed by atoms with Crippen molar-refractivity contribution in [3.8, 4) is 0 Å². The molecule has 88 valence electrons. The molecule has 0 fully saturated rings. The molecule has 0 aliphatic rings. The van der Waals surface area contributed by atoms with E-state index in [4.69, 9.17) is 0 Å². The molecule has 1 N–H and O–H groups in total. The first-order chi connectivity index (χ1) is 8.13. The van der Waals surface area contributed by atoms with Gasteiger partial charge < -0.3 is 5.32 Å². The van der Waals surface area contributed by atoms with Gasteiger partial charge in [-0.15, -0.1) is 0 Å². The lowest BCUT2D eigenvalue weighted by Gasteiger charge is -2.06. The Hall–Kier alpha value is -1.49. The van der Waals surface area contributed by atoms with Crippen LogP contribution in [-0.2, 0) is 6.54 Å². The Bertz CT molecular complexity index is 511. The van der Waals surface area contributed by atoms with Gasteiger partial charge >= 0.3 is 0 Å². The van der Waals surface area contributed by atoms with Gasteiger partial charge in [-0.3, -0.25) is 4.98 Å². The minimum Gasteiger partial charge on any atom is -0.381 e. The maximum Gasteiger partial charge on any atom is 0.128 e. The lowest BCUT2D eigenvalue weighted by molar-refractivity contribution is 0.584. The number of halogens is 3. The van der Waals surface area contributed by atoms with Crippen molar-refractivity contribution in [2.75, 3.05) is 5.32 Å². The Morgan fingerprint density at radius 3 is 2.41 bits per heavy atom. The van der Waals surface area contributed by atoms with Gasteiger partial charge in [0.05, 0.1) is 0 Å². The average molecular weight is 299 g/mol. The molecule has 0 atom stereocenters. The van der Waals surface area contributed by atoms with E-state index in [2.05, 4.69) is 26.2 Å². The van der Waals surface area contributed by atoms with Crippen molar-refractivity contribution >= 4 is 21.6 Å². The number of benzene rings is 1. The van der Waals surface area contributed by atoms with Crippen LogP contribution in [0.25, 0.3) is 0 Å². The van der Waals surface area contributed by atoms with Crippen LogP contribution in [0.5, 0.6) is 0 Å². The molecule has 0 saturated heterocycles. The number of hydrogen-bond donors (Lipinski definition) is 1. The summed E-state index contributed by atoms with van der Waals surface area (Å²) in [4.78, 5) is 4.00. The highest BCUT2D eigenvalue weighted by atomic mass is 79.9. The predicted octanol–water partition coefficient (Wildman–Crippen LogP) is 3.73. The highest BCUT2D eigenvalue weighted by Gasteiger charge is 2.00. The van der Waals surface area contributed by atoms with Crippen LogP contribution in [0.4, 0.5) is 14.5 Å². The highest BCUT2D eigenvalue weighted by molar-refractivity contribution is 9.10. The van der Waals surface area contributed by atoms with Crippen LogP contribution >= 0.6 is 15.9 Å². The number of nitrogens with zero attached hydrogens (tertiary/aromatic N) is 1. The maximum atomic E-state index is 12.9. The van der Waals surface area contributed by atoms with E-state index >= 15 is 0 Å². The topological polar surface area (TPSA) is 24.9 Å². The molecule has 2 aromatic rings. The molecule has 2 nitrogen and oxygen atoms in total. The van der Waals surface area contributed by atoms with Crippen molar-refractivity contribution in [3.63, 3.8) is 0 Å². The van der Waals surface area contributed by atoms with E-state index in [9.17, 15) is 8.78 Å². The Morgan fingerprint density at radius 1 is 1.06 bits per heavy atom. The van der Waals surface area contributed by atoms with E-state index in [1.165, 1.54) is 12.1 Å². The second kappa shape index (κ2) is 5.23. The number of aromatic nitrogens is 1. The Balaban J connectivity index is 2.07. The lowest BCUT2D eigenvalue weighted by Crippen LogP contribution is -2.00. The third-order valence-corrected chi connectivity index (χ3v) is 2.55. The number of pyridine rings is 1. The molecule has 0 bridgehead atoms. The smallest absolute Gasteiger partial charge is 0.128 e. The van der Waals surface area contributed by atoms with E-state index in [1.54, 1.807) is 12.4 Å². The van der Waals surface area contributed by atoms with Gasteiger partial charge in [0, 0.05) is 35.2 Å². The number of rotatable bonds is 3. The first kappa shape index (κ1) is 12.0. The fraction of sp³-hybridized carbons (Fsp3) is 0.0833. The zero-order valence-electron chi connectivity index (χ0n) is 8.75. The number of anilines is 1. The zero-order valence-corrected chi connectivity index (χ0v) is 10.3. The fourth-order valence-corrected chi connectivity index (χ4v) is 1.82. The van der Waals surface area contributed by atoms with Crippen molar-refractivity contribution in [1.82, 2.24) is 4.98 Å². The van der Waals surface area contributed by atoms with Crippen molar-refractivity contribution in [2.45, 2.75) is 6.54 Å². The molecule has 0 aliphatic carbocycles. The van der Waals surface area contributed by atoms with Gasteiger partial charge in [-0.1, -0.05) is 0 Å². The number of nitrogens with one attached hydrogen (secondary N) is 1. The Kier molecular flexibility index (Phi) is 3.68. The normalized spacial score (nSPS) is 10.3. The minimum absolute atomic E-state index is 0.405. The van der Waals surface area contributed by atoms with E-state index in [0.717, 1.165) is 16.1 Å². The van der Waals surface area contributed by atoms with Crippen molar-refractivity contribution in [3.05, 3.63) is 58.3 Å². The fourth-order valence-electron chi connectivity index (χ4n) is 1.41. The Morgan fingerprint density at radius 2 is 1.76 bits per heavy atom. The molecule has 0 amide bonds. The molecule has 1 heterocycles. The minimum atomic E-state index is -0.597. The monoisotopic (exact) mass is 298 g/mol. The molecule has 0 spiro atoms. The molecule has 0 radical (unpaired) electrons. The first-order valence-electron chi connectivity index (χ1n) is 4.93. The van der Waals surface area contributed by atoms with E-state index < -0.39 is 11.6 Å². The van der Waals surface area contributed by atoms with Crippen molar-refractivity contribution < 1.29 is 8.78 Å². The second-order valence-electron chi connectivity index (χ2n) is 3.52. The molecule has 1 aromatic heterocycles. The molecule has 17 heavy (non-hydrogen) atoms. The number of hydrogen-bond acceptors (Lipinski definition) is 2. The predicted molar refractivity (Wildman–Crippen MR) is 65.6 cm³/mol. The lowest BCUT2D eigenvalue weighted by atomic mass is 10.2. The zero-order chi connectivity index (χ0) is 12.3. The van der Waals surface area contributed by atoms with Gasteiger partial charge in [-0.05, 0) is 39.7 Å². The summed E-state index contributed by atoms with van der Waals surface area (Å²) in [6, 6.07) is 5.21. The van der Waals surface area contributed by atoms with Crippen LogP contribution in [-0.4, -0.2) is 4.98 Å². The summed E-state index contributed by atoms with van der Waals surface area (Å²) in [5.74, 6) is -1.19. The second-order valence-corrected chi connectivity index (χ2v) is 4.44. The van der Waals surface area contributed by atoms with Crippen LogP contribution in [0.15, 0.2) is 41.1 Å². The molecular formula is C12H9BrF2N2. The summed E-state index contributed by atoms with van der Waals surface area (Å²) in [6.45, 7) is 0.454. The molecule has 2 rings (SSSR count). The van der Waals surface area contributed by atoms with Gasteiger partial charge in [-0.25, -0.2) is 8.78 Å².